The van der Waals surface area contributed by atoms with E-state index in [9.17, 15) is 9.59 Å². The normalized spacial score (nSPS) is 13.7. The lowest BCUT2D eigenvalue weighted by molar-refractivity contribution is -0.129. The van der Waals surface area contributed by atoms with E-state index in [-0.39, 0.29) is 16.8 Å². The minimum Gasteiger partial charge on any atom is -0.333 e. The van der Waals surface area contributed by atoms with Crippen LogP contribution < -0.4 is 0 Å². The molecule has 1 aliphatic heterocycles. The van der Waals surface area contributed by atoms with Crippen LogP contribution in [0.15, 0.2) is 24.3 Å². The van der Waals surface area contributed by atoms with Gasteiger partial charge in [0.25, 0.3) is 0 Å². The van der Waals surface area contributed by atoms with Gasteiger partial charge in [0.2, 0.25) is 5.91 Å². The minimum atomic E-state index is -0.00920. The van der Waals surface area contributed by atoms with E-state index in [1.165, 1.54) is 18.1 Å². The summed E-state index contributed by atoms with van der Waals surface area (Å²) < 4.78 is 0. The zero-order valence-electron chi connectivity index (χ0n) is 9.10. The van der Waals surface area contributed by atoms with Crippen molar-refractivity contribution in [2.75, 3.05) is 5.75 Å². The first kappa shape index (κ1) is 11.2. The highest BCUT2D eigenvalue weighted by molar-refractivity contribution is 8.14. The van der Waals surface area contributed by atoms with Crippen LogP contribution in [0.25, 0.3) is 0 Å². The van der Waals surface area contributed by atoms with E-state index < -0.39 is 0 Å². The highest BCUT2D eigenvalue weighted by Gasteiger charge is 2.22. The molecule has 4 heteroatoms. The van der Waals surface area contributed by atoms with Crippen LogP contribution in [0.4, 0.5) is 0 Å². The Bertz CT molecular complexity index is 406. The fourth-order valence-corrected chi connectivity index (χ4v) is 2.27. The van der Waals surface area contributed by atoms with E-state index in [1.54, 1.807) is 4.90 Å². The first-order chi connectivity index (χ1) is 7.66. The zero-order chi connectivity index (χ0) is 11.5. The molecule has 2 rings (SSSR count). The van der Waals surface area contributed by atoms with Gasteiger partial charge in [0.1, 0.15) is 0 Å². The van der Waals surface area contributed by atoms with Crippen LogP contribution in [0, 0.1) is 0 Å². The maximum atomic E-state index is 11.8. The third-order valence-electron chi connectivity index (χ3n) is 2.59. The molecule has 0 N–H and O–H groups in total. The average molecular weight is 235 g/mol. The van der Waals surface area contributed by atoms with Gasteiger partial charge in [0.15, 0.2) is 5.12 Å². The van der Waals surface area contributed by atoms with E-state index in [1.807, 2.05) is 24.3 Å². The quantitative estimate of drug-likeness (QED) is 0.784. The van der Waals surface area contributed by atoms with Gasteiger partial charge in [0, 0.05) is 20.0 Å². The number of carbonyl (C=O) groups is 2. The molecule has 1 aromatic rings. The Morgan fingerprint density at radius 1 is 1.25 bits per heavy atom. The summed E-state index contributed by atoms with van der Waals surface area (Å²) in [5, 5.41) is -0.00920. The molecule has 0 spiro atoms. The molecule has 1 aromatic carbocycles. The van der Waals surface area contributed by atoms with Gasteiger partial charge >= 0.3 is 0 Å². The van der Waals surface area contributed by atoms with Crippen molar-refractivity contribution in [1.82, 2.24) is 4.90 Å². The number of carbonyl (C=O) groups excluding carboxylic acids is 2. The number of hydrogen-bond donors (Lipinski definition) is 0. The first-order valence-electron chi connectivity index (χ1n) is 5.15. The molecular formula is C12H13NO2S. The molecule has 3 nitrogen and oxygen atoms in total. The van der Waals surface area contributed by atoms with Gasteiger partial charge in [-0.15, -0.1) is 0 Å². The Balaban J connectivity index is 1.96. The molecule has 0 aromatic heterocycles. The van der Waals surface area contributed by atoms with Crippen molar-refractivity contribution in [3.63, 3.8) is 0 Å². The van der Waals surface area contributed by atoms with Crippen molar-refractivity contribution in [3.05, 3.63) is 35.4 Å². The summed E-state index contributed by atoms with van der Waals surface area (Å²) >= 11 is 1.07. The third-order valence-corrected chi connectivity index (χ3v) is 3.39. The van der Waals surface area contributed by atoms with E-state index >= 15 is 0 Å². The van der Waals surface area contributed by atoms with Gasteiger partial charge in [-0.3, -0.25) is 9.59 Å². The molecule has 0 bridgehead atoms. The van der Waals surface area contributed by atoms with E-state index in [0.29, 0.717) is 13.1 Å². The van der Waals surface area contributed by atoms with Crippen molar-refractivity contribution in [1.29, 1.82) is 0 Å². The highest BCUT2D eigenvalue weighted by Crippen LogP contribution is 2.22. The van der Waals surface area contributed by atoms with Gasteiger partial charge < -0.3 is 4.90 Å². The molecule has 0 fully saturated rings. The summed E-state index contributed by atoms with van der Waals surface area (Å²) in [6.45, 7) is 2.83. The third kappa shape index (κ3) is 2.44. The second kappa shape index (κ2) is 4.70. The summed E-state index contributed by atoms with van der Waals surface area (Å²) in [6, 6.07) is 8.05. The van der Waals surface area contributed by atoms with Crippen LogP contribution >= 0.6 is 11.8 Å². The van der Waals surface area contributed by atoms with Gasteiger partial charge in [-0.2, -0.15) is 0 Å². The van der Waals surface area contributed by atoms with Crippen molar-refractivity contribution in [2.24, 2.45) is 0 Å². The maximum absolute atomic E-state index is 11.8. The number of rotatable bonds is 2. The van der Waals surface area contributed by atoms with Gasteiger partial charge in [0.05, 0.1) is 5.75 Å². The maximum Gasteiger partial charge on any atom is 0.233 e. The molecule has 84 valence electrons. The van der Waals surface area contributed by atoms with E-state index in [2.05, 4.69) is 0 Å². The predicted octanol–water partition coefficient (Wildman–Crippen LogP) is 1.81. The standard InChI is InChI=1S/C12H13NO2S/c1-9(14)16-8-12(15)13-6-10-4-2-3-5-11(10)7-13/h2-5H,6-8H2,1H3. The largest absolute Gasteiger partial charge is 0.333 e. The monoisotopic (exact) mass is 235 g/mol. The molecule has 1 amide bonds. The van der Waals surface area contributed by atoms with Crippen molar-refractivity contribution in [2.45, 2.75) is 20.0 Å². The number of amides is 1. The number of nitrogens with zero attached hydrogens (tertiary/aromatic N) is 1. The number of benzene rings is 1. The average Bonchev–Trinajstić information content (AvgIpc) is 2.69. The van der Waals surface area contributed by atoms with Crippen molar-refractivity contribution < 1.29 is 9.59 Å². The van der Waals surface area contributed by atoms with E-state index in [0.717, 1.165) is 11.8 Å². The highest BCUT2D eigenvalue weighted by atomic mass is 32.2. The fourth-order valence-electron chi connectivity index (χ4n) is 1.76. The molecule has 1 aliphatic rings. The smallest absolute Gasteiger partial charge is 0.233 e. The lowest BCUT2D eigenvalue weighted by atomic mass is 10.1. The number of fused-ring (bicyclic) bond motifs is 1. The Hall–Kier alpha value is -1.29. The summed E-state index contributed by atoms with van der Waals surface area (Å²) in [6.07, 6.45) is 0. The molecule has 0 saturated carbocycles. The second-order valence-electron chi connectivity index (χ2n) is 3.80. The Kier molecular flexibility index (Phi) is 3.29. The summed E-state index contributed by atoms with van der Waals surface area (Å²) in [7, 11) is 0. The zero-order valence-corrected chi connectivity index (χ0v) is 9.92. The Morgan fingerprint density at radius 2 is 1.81 bits per heavy atom. The Morgan fingerprint density at radius 3 is 2.31 bits per heavy atom. The van der Waals surface area contributed by atoms with Crippen LogP contribution in [0.2, 0.25) is 0 Å². The first-order valence-corrected chi connectivity index (χ1v) is 6.13. The van der Waals surface area contributed by atoms with Gasteiger partial charge in [-0.05, 0) is 11.1 Å². The topological polar surface area (TPSA) is 37.4 Å². The summed E-state index contributed by atoms with van der Waals surface area (Å²) in [5.41, 5.74) is 2.42. The van der Waals surface area contributed by atoms with Gasteiger partial charge in [-0.1, -0.05) is 36.0 Å². The van der Waals surface area contributed by atoms with Crippen LogP contribution in [0.5, 0.6) is 0 Å². The molecule has 0 atom stereocenters. The summed E-state index contributed by atoms with van der Waals surface area (Å²) in [5.74, 6) is 0.292. The lowest BCUT2D eigenvalue weighted by Crippen LogP contribution is -2.27. The van der Waals surface area contributed by atoms with Crippen LogP contribution in [0.3, 0.4) is 0 Å². The number of thioether (sulfide) groups is 1. The second-order valence-corrected chi connectivity index (χ2v) is 4.95. The van der Waals surface area contributed by atoms with Crippen molar-refractivity contribution >= 4 is 22.8 Å². The fraction of sp³-hybridized carbons (Fsp3) is 0.333. The molecule has 1 heterocycles. The molecule has 0 radical (unpaired) electrons. The van der Waals surface area contributed by atoms with E-state index in [4.69, 9.17) is 0 Å². The number of hydrogen-bond acceptors (Lipinski definition) is 3. The predicted molar refractivity (Wildman–Crippen MR) is 63.8 cm³/mol. The molecule has 16 heavy (non-hydrogen) atoms. The van der Waals surface area contributed by atoms with Crippen molar-refractivity contribution in [3.8, 4) is 0 Å². The van der Waals surface area contributed by atoms with Crippen LogP contribution in [-0.2, 0) is 22.7 Å². The lowest BCUT2D eigenvalue weighted by Gasteiger charge is -2.14. The molecule has 0 saturated heterocycles. The Labute approximate surface area is 98.8 Å². The van der Waals surface area contributed by atoms with Crippen LogP contribution in [-0.4, -0.2) is 21.7 Å². The minimum absolute atomic E-state index is 0.00920. The SMILES string of the molecule is CC(=O)SCC(=O)N1Cc2ccccc2C1. The van der Waals surface area contributed by atoms with Crippen LogP contribution in [0.1, 0.15) is 18.1 Å². The van der Waals surface area contributed by atoms with Gasteiger partial charge in [-0.25, -0.2) is 0 Å². The molecule has 0 aliphatic carbocycles. The molecular weight excluding hydrogens is 222 g/mol. The summed E-state index contributed by atoms with van der Waals surface area (Å²) in [4.78, 5) is 24.3. The molecule has 0 unspecified atom stereocenters.